The Morgan fingerprint density at radius 1 is 1.24 bits per heavy atom. The van der Waals surface area contributed by atoms with E-state index < -0.39 is 0 Å². The van der Waals surface area contributed by atoms with Gasteiger partial charge >= 0.3 is 0 Å². The molecular formula is C13H15N3O. The van der Waals surface area contributed by atoms with Gasteiger partial charge in [0.25, 0.3) is 0 Å². The topological polar surface area (TPSA) is 58.0 Å². The second-order valence-electron chi connectivity index (χ2n) is 3.79. The molecule has 2 N–H and O–H groups in total. The second kappa shape index (κ2) is 5.41. The molecule has 0 radical (unpaired) electrons. The lowest BCUT2D eigenvalue weighted by atomic mass is 10.2. The molecule has 2 aromatic rings. The van der Waals surface area contributed by atoms with Crippen LogP contribution >= 0.6 is 0 Å². The first kappa shape index (κ1) is 11.5. The first-order chi connectivity index (χ1) is 8.29. The van der Waals surface area contributed by atoms with E-state index in [0.29, 0.717) is 23.8 Å². The van der Waals surface area contributed by atoms with Gasteiger partial charge in [0.05, 0.1) is 6.61 Å². The molecule has 0 aliphatic carbocycles. The van der Waals surface area contributed by atoms with Gasteiger partial charge in [-0.15, -0.1) is 0 Å². The zero-order valence-corrected chi connectivity index (χ0v) is 9.72. The van der Waals surface area contributed by atoms with Crippen LogP contribution in [0.3, 0.4) is 0 Å². The molecule has 0 aliphatic heterocycles. The number of benzene rings is 1. The van der Waals surface area contributed by atoms with E-state index in [1.54, 1.807) is 6.20 Å². The van der Waals surface area contributed by atoms with Crippen molar-refractivity contribution in [3.63, 3.8) is 0 Å². The van der Waals surface area contributed by atoms with E-state index in [4.69, 9.17) is 0 Å². The molecule has 0 unspecified atom stereocenters. The molecule has 1 aromatic carbocycles. The minimum Gasteiger partial charge on any atom is -0.391 e. The zero-order chi connectivity index (χ0) is 12.1. The Balaban J connectivity index is 2.11. The van der Waals surface area contributed by atoms with Gasteiger partial charge in [-0.3, -0.25) is 0 Å². The van der Waals surface area contributed by atoms with E-state index in [9.17, 15) is 5.11 Å². The Bertz CT molecular complexity index is 485. The minimum absolute atomic E-state index is 0.0581. The largest absolute Gasteiger partial charge is 0.391 e. The summed E-state index contributed by atoms with van der Waals surface area (Å²) in [7, 11) is 0. The molecule has 1 heterocycles. The fraction of sp³-hybridized carbons (Fsp3) is 0.231. The van der Waals surface area contributed by atoms with Gasteiger partial charge in [0.2, 0.25) is 0 Å². The predicted octanol–water partition coefficient (Wildman–Crippen LogP) is 1.89. The highest BCUT2D eigenvalue weighted by atomic mass is 16.3. The number of nitrogens with zero attached hydrogens (tertiary/aromatic N) is 2. The SMILES string of the molecule is Cc1ncc(CO)c(NCc2ccccc2)n1. The molecule has 1 aromatic heterocycles. The van der Waals surface area contributed by atoms with Gasteiger partial charge in [0, 0.05) is 18.3 Å². The van der Waals surface area contributed by atoms with E-state index in [1.807, 2.05) is 37.3 Å². The summed E-state index contributed by atoms with van der Waals surface area (Å²) in [5.74, 6) is 1.39. The first-order valence-electron chi connectivity index (χ1n) is 5.51. The molecule has 2 rings (SSSR count). The molecular weight excluding hydrogens is 214 g/mol. The van der Waals surface area contributed by atoms with Crippen LogP contribution in [-0.4, -0.2) is 15.1 Å². The minimum atomic E-state index is -0.0581. The normalized spacial score (nSPS) is 10.2. The second-order valence-corrected chi connectivity index (χ2v) is 3.79. The summed E-state index contributed by atoms with van der Waals surface area (Å²) in [6.45, 7) is 2.45. The number of aromatic nitrogens is 2. The summed E-state index contributed by atoms with van der Waals surface area (Å²) < 4.78 is 0. The van der Waals surface area contributed by atoms with Crippen LogP contribution in [0.4, 0.5) is 5.82 Å². The van der Waals surface area contributed by atoms with Crippen LogP contribution in [0.15, 0.2) is 36.5 Å². The van der Waals surface area contributed by atoms with Gasteiger partial charge in [-0.25, -0.2) is 9.97 Å². The van der Waals surface area contributed by atoms with E-state index in [2.05, 4.69) is 15.3 Å². The maximum Gasteiger partial charge on any atom is 0.135 e. The highest BCUT2D eigenvalue weighted by Crippen LogP contribution is 2.12. The summed E-state index contributed by atoms with van der Waals surface area (Å²) in [5, 5.41) is 12.4. The van der Waals surface area contributed by atoms with Gasteiger partial charge in [0.15, 0.2) is 0 Å². The number of nitrogens with one attached hydrogen (secondary N) is 1. The number of hydrogen-bond acceptors (Lipinski definition) is 4. The highest BCUT2D eigenvalue weighted by Gasteiger charge is 2.04. The zero-order valence-electron chi connectivity index (χ0n) is 9.72. The molecule has 0 saturated heterocycles. The molecule has 0 fully saturated rings. The Morgan fingerprint density at radius 3 is 2.71 bits per heavy atom. The van der Waals surface area contributed by atoms with Crippen LogP contribution in [0.2, 0.25) is 0 Å². The fourth-order valence-corrected chi connectivity index (χ4v) is 1.55. The number of aryl methyl sites for hydroxylation is 1. The molecule has 88 valence electrons. The van der Waals surface area contributed by atoms with E-state index in [0.717, 1.165) is 0 Å². The van der Waals surface area contributed by atoms with Crippen molar-refractivity contribution in [2.75, 3.05) is 5.32 Å². The average molecular weight is 229 g/mol. The Kier molecular flexibility index (Phi) is 3.67. The van der Waals surface area contributed by atoms with Gasteiger partial charge in [-0.2, -0.15) is 0 Å². The summed E-state index contributed by atoms with van der Waals surface area (Å²) in [4.78, 5) is 8.33. The third-order valence-electron chi connectivity index (χ3n) is 2.46. The summed E-state index contributed by atoms with van der Waals surface area (Å²) in [6.07, 6.45) is 1.65. The van der Waals surface area contributed by atoms with Crippen LogP contribution in [0.1, 0.15) is 17.0 Å². The summed E-state index contributed by atoms with van der Waals surface area (Å²) >= 11 is 0. The third kappa shape index (κ3) is 3.01. The fourth-order valence-electron chi connectivity index (χ4n) is 1.55. The molecule has 17 heavy (non-hydrogen) atoms. The molecule has 0 saturated carbocycles. The van der Waals surface area contributed by atoms with Crippen molar-refractivity contribution in [1.82, 2.24) is 9.97 Å². The summed E-state index contributed by atoms with van der Waals surface area (Å²) in [5.41, 5.74) is 1.89. The van der Waals surface area contributed by atoms with Crippen LogP contribution < -0.4 is 5.32 Å². The van der Waals surface area contributed by atoms with E-state index >= 15 is 0 Å². The van der Waals surface area contributed by atoms with Gasteiger partial charge in [-0.1, -0.05) is 30.3 Å². The van der Waals surface area contributed by atoms with Crippen molar-refractivity contribution < 1.29 is 5.11 Å². The van der Waals surface area contributed by atoms with Crippen molar-refractivity contribution in [2.24, 2.45) is 0 Å². The molecule has 4 heteroatoms. The van der Waals surface area contributed by atoms with Crippen LogP contribution in [0, 0.1) is 6.92 Å². The van der Waals surface area contributed by atoms with E-state index in [1.165, 1.54) is 5.56 Å². The van der Waals surface area contributed by atoms with Crippen molar-refractivity contribution in [2.45, 2.75) is 20.1 Å². The van der Waals surface area contributed by atoms with Crippen LogP contribution in [0.5, 0.6) is 0 Å². The third-order valence-corrected chi connectivity index (χ3v) is 2.46. The van der Waals surface area contributed by atoms with Gasteiger partial charge in [0.1, 0.15) is 11.6 Å². The number of aliphatic hydroxyl groups is 1. The average Bonchev–Trinajstić information content (AvgIpc) is 2.38. The maximum absolute atomic E-state index is 9.19. The Morgan fingerprint density at radius 2 is 2.00 bits per heavy atom. The van der Waals surface area contributed by atoms with E-state index in [-0.39, 0.29) is 6.61 Å². The van der Waals surface area contributed by atoms with Crippen molar-refractivity contribution >= 4 is 5.82 Å². The van der Waals surface area contributed by atoms with Gasteiger partial charge in [-0.05, 0) is 12.5 Å². The quantitative estimate of drug-likeness (QED) is 0.840. The monoisotopic (exact) mass is 229 g/mol. The molecule has 0 amide bonds. The summed E-state index contributed by atoms with van der Waals surface area (Å²) in [6, 6.07) is 10.1. The predicted molar refractivity (Wildman–Crippen MR) is 66.5 cm³/mol. The highest BCUT2D eigenvalue weighted by molar-refractivity contribution is 5.43. The Hall–Kier alpha value is -1.94. The smallest absolute Gasteiger partial charge is 0.135 e. The molecule has 0 aliphatic rings. The lowest BCUT2D eigenvalue weighted by molar-refractivity contribution is 0.281. The van der Waals surface area contributed by atoms with Crippen molar-refractivity contribution in [3.8, 4) is 0 Å². The lowest BCUT2D eigenvalue weighted by Gasteiger charge is -2.09. The number of aliphatic hydroxyl groups excluding tert-OH is 1. The lowest BCUT2D eigenvalue weighted by Crippen LogP contribution is -2.06. The van der Waals surface area contributed by atoms with Gasteiger partial charge < -0.3 is 10.4 Å². The van der Waals surface area contributed by atoms with Crippen molar-refractivity contribution in [1.29, 1.82) is 0 Å². The Labute approximate surface area is 100 Å². The standard InChI is InChI=1S/C13H15N3O/c1-10-14-8-12(9-17)13(16-10)15-7-11-5-3-2-4-6-11/h2-6,8,17H,7,9H2,1H3,(H,14,15,16). The van der Waals surface area contributed by atoms with Crippen LogP contribution in [0.25, 0.3) is 0 Å². The molecule has 0 atom stereocenters. The molecule has 0 bridgehead atoms. The number of rotatable bonds is 4. The van der Waals surface area contributed by atoms with Crippen molar-refractivity contribution in [3.05, 3.63) is 53.5 Å². The first-order valence-corrected chi connectivity index (χ1v) is 5.51. The maximum atomic E-state index is 9.19. The number of hydrogen-bond donors (Lipinski definition) is 2. The van der Waals surface area contributed by atoms with Crippen LogP contribution in [-0.2, 0) is 13.2 Å². The number of anilines is 1. The molecule has 4 nitrogen and oxygen atoms in total. The molecule has 0 spiro atoms.